The Kier molecular flexibility index (Phi) is 3.28. The van der Waals surface area contributed by atoms with Gasteiger partial charge in [-0.2, -0.15) is 10.2 Å². The summed E-state index contributed by atoms with van der Waals surface area (Å²) in [5.74, 6) is 1.41. The van der Waals surface area contributed by atoms with E-state index in [1.54, 1.807) is 24.3 Å². The fraction of sp³-hybridized carbons (Fsp3) is 0.0667. The van der Waals surface area contributed by atoms with E-state index in [4.69, 9.17) is 21.6 Å². The Labute approximate surface area is 120 Å². The predicted octanol–water partition coefficient (Wildman–Crippen LogP) is 3.74. The first-order valence-corrected chi connectivity index (χ1v) is 6.55. The standard InChI is InChI=1S/C15H10ClN3O/c16-9-13-15(18-14-3-1-2-8-19(13)14)20-12-6-4-11(10-17)5-7-12/h1-8H,9H2. The van der Waals surface area contributed by atoms with Gasteiger partial charge in [-0.1, -0.05) is 6.07 Å². The first-order chi connectivity index (χ1) is 9.81. The molecule has 0 unspecified atom stereocenters. The lowest BCUT2D eigenvalue weighted by atomic mass is 10.2. The molecule has 20 heavy (non-hydrogen) atoms. The van der Waals surface area contributed by atoms with Crippen molar-refractivity contribution in [3.05, 3.63) is 59.9 Å². The van der Waals surface area contributed by atoms with Crippen LogP contribution in [-0.2, 0) is 5.88 Å². The van der Waals surface area contributed by atoms with Crippen LogP contribution in [0, 0.1) is 11.3 Å². The van der Waals surface area contributed by atoms with Crippen LogP contribution >= 0.6 is 11.6 Å². The van der Waals surface area contributed by atoms with E-state index in [-0.39, 0.29) is 0 Å². The molecule has 0 fully saturated rings. The lowest BCUT2D eigenvalue weighted by Gasteiger charge is -2.04. The van der Waals surface area contributed by atoms with Gasteiger partial charge in [-0.15, -0.1) is 11.6 Å². The number of hydrogen-bond donors (Lipinski definition) is 0. The lowest BCUT2D eigenvalue weighted by Crippen LogP contribution is -1.92. The zero-order valence-corrected chi connectivity index (χ0v) is 11.2. The van der Waals surface area contributed by atoms with Crippen LogP contribution in [-0.4, -0.2) is 9.38 Å². The first-order valence-electron chi connectivity index (χ1n) is 6.02. The number of benzene rings is 1. The molecule has 1 aromatic carbocycles. The van der Waals surface area contributed by atoms with Gasteiger partial charge in [0.05, 0.1) is 17.5 Å². The van der Waals surface area contributed by atoms with Crippen molar-refractivity contribution >= 4 is 17.2 Å². The van der Waals surface area contributed by atoms with Crippen molar-refractivity contribution in [3.8, 4) is 17.7 Å². The van der Waals surface area contributed by atoms with Gasteiger partial charge in [0.1, 0.15) is 17.1 Å². The Morgan fingerprint density at radius 2 is 2.00 bits per heavy atom. The van der Waals surface area contributed by atoms with E-state index in [2.05, 4.69) is 11.1 Å². The number of hydrogen-bond acceptors (Lipinski definition) is 3. The molecule has 0 bridgehead atoms. The van der Waals surface area contributed by atoms with Crippen LogP contribution in [0.2, 0.25) is 0 Å². The summed E-state index contributed by atoms with van der Waals surface area (Å²) >= 11 is 5.98. The predicted molar refractivity (Wildman–Crippen MR) is 76.0 cm³/mol. The molecule has 5 heteroatoms. The fourth-order valence-electron chi connectivity index (χ4n) is 1.94. The third-order valence-corrected chi connectivity index (χ3v) is 3.17. The van der Waals surface area contributed by atoms with Crippen molar-refractivity contribution in [1.82, 2.24) is 9.38 Å². The second kappa shape index (κ2) is 5.24. The van der Waals surface area contributed by atoms with Crippen molar-refractivity contribution in [2.45, 2.75) is 5.88 Å². The normalized spacial score (nSPS) is 10.4. The minimum absolute atomic E-state index is 0.302. The van der Waals surface area contributed by atoms with Crippen LogP contribution in [0.15, 0.2) is 48.7 Å². The molecule has 0 N–H and O–H groups in total. The van der Waals surface area contributed by atoms with Crippen molar-refractivity contribution < 1.29 is 4.74 Å². The molecule has 2 aromatic heterocycles. The van der Waals surface area contributed by atoms with Gasteiger partial charge in [-0.3, -0.25) is 4.40 Å². The summed E-state index contributed by atoms with van der Waals surface area (Å²) in [5, 5.41) is 8.77. The van der Waals surface area contributed by atoms with Crippen LogP contribution in [0.4, 0.5) is 0 Å². The SMILES string of the molecule is N#Cc1ccc(Oc2nc3ccccn3c2CCl)cc1. The highest BCUT2D eigenvalue weighted by molar-refractivity contribution is 6.17. The number of nitriles is 1. The van der Waals surface area contributed by atoms with Crippen molar-refractivity contribution in [3.63, 3.8) is 0 Å². The van der Waals surface area contributed by atoms with Crippen LogP contribution in [0.5, 0.6) is 11.6 Å². The van der Waals surface area contributed by atoms with E-state index < -0.39 is 0 Å². The van der Waals surface area contributed by atoms with Gasteiger partial charge in [-0.05, 0) is 36.4 Å². The molecular weight excluding hydrogens is 274 g/mol. The molecular formula is C15H10ClN3O. The Hall–Kier alpha value is -2.51. The largest absolute Gasteiger partial charge is 0.437 e. The summed E-state index contributed by atoms with van der Waals surface area (Å²) in [7, 11) is 0. The Bertz CT molecular complexity index is 787. The third kappa shape index (κ3) is 2.20. The maximum Gasteiger partial charge on any atom is 0.242 e. The number of alkyl halides is 1. The van der Waals surface area contributed by atoms with E-state index in [1.807, 2.05) is 28.8 Å². The third-order valence-electron chi connectivity index (χ3n) is 2.92. The molecule has 0 aliphatic heterocycles. The summed E-state index contributed by atoms with van der Waals surface area (Å²) in [6, 6.07) is 14.7. The molecule has 98 valence electrons. The molecule has 0 aliphatic carbocycles. The van der Waals surface area contributed by atoms with Crippen molar-refractivity contribution in [2.24, 2.45) is 0 Å². The van der Waals surface area contributed by atoms with Gasteiger partial charge in [0.25, 0.3) is 0 Å². The number of rotatable bonds is 3. The topological polar surface area (TPSA) is 50.3 Å². The van der Waals surface area contributed by atoms with Crippen molar-refractivity contribution in [2.75, 3.05) is 0 Å². The van der Waals surface area contributed by atoms with E-state index in [1.165, 1.54) is 0 Å². The van der Waals surface area contributed by atoms with Crippen LogP contribution in [0.1, 0.15) is 11.3 Å². The quantitative estimate of drug-likeness (QED) is 0.688. The fourth-order valence-corrected chi connectivity index (χ4v) is 2.18. The van der Waals surface area contributed by atoms with E-state index >= 15 is 0 Å². The van der Waals surface area contributed by atoms with E-state index in [0.29, 0.717) is 23.1 Å². The molecule has 0 radical (unpaired) electrons. The maximum absolute atomic E-state index is 8.77. The minimum Gasteiger partial charge on any atom is -0.437 e. The minimum atomic E-state index is 0.302. The van der Waals surface area contributed by atoms with Gasteiger partial charge in [0.15, 0.2) is 0 Å². The monoisotopic (exact) mass is 283 g/mol. The zero-order chi connectivity index (χ0) is 13.9. The van der Waals surface area contributed by atoms with Crippen LogP contribution in [0.3, 0.4) is 0 Å². The highest BCUT2D eigenvalue weighted by atomic mass is 35.5. The first kappa shape index (κ1) is 12.5. The van der Waals surface area contributed by atoms with E-state index in [9.17, 15) is 0 Å². The number of ether oxygens (including phenoxy) is 1. The Balaban J connectivity index is 1.99. The van der Waals surface area contributed by atoms with E-state index in [0.717, 1.165) is 11.3 Å². The van der Waals surface area contributed by atoms with Crippen LogP contribution in [0.25, 0.3) is 5.65 Å². The number of aromatic nitrogens is 2. The smallest absolute Gasteiger partial charge is 0.242 e. The second-order valence-corrected chi connectivity index (χ2v) is 4.43. The molecule has 0 aliphatic rings. The van der Waals surface area contributed by atoms with Gasteiger partial charge in [0.2, 0.25) is 5.88 Å². The summed E-state index contributed by atoms with van der Waals surface area (Å²) in [4.78, 5) is 4.41. The lowest BCUT2D eigenvalue weighted by molar-refractivity contribution is 0.461. The highest BCUT2D eigenvalue weighted by Gasteiger charge is 2.12. The average molecular weight is 284 g/mol. The summed E-state index contributed by atoms with van der Waals surface area (Å²) in [6.45, 7) is 0. The zero-order valence-electron chi connectivity index (χ0n) is 10.5. The molecule has 0 saturated heterocycles. The molecule has 3 aromatic rings. The summed E-state index contributed by atoms with van der Waals surface area (Å²) in [6.07, 6.45) is 1.89. The highest BCUT2D eigenvalue weighted by Crippen LogP contribution is 2.27. The van der Waals surface area contributed by atoms with Crippen LogP contribution < -0.4 is 4.74 Å². The second-order valence-electron chi connectivity index (χ2n) is 4.16. The maximum atomic E-state index is 8.77. The molecule has 0 spiro atoms. The number of halogens is 1. The molecule has 0 saturated carbocycles. The molecule has 2 heterocycles. The number of imidazole rings is 1. The average Bonchev–Trinajstić information content (AvgIpc) is 2.85. The van der Waals surface area contributed by atoms with Gasteiger partial charge in [0, 0.05) is 6.20 Å². The summed E-state index contributed by atoms with van der Waals surface area (Å²) < 4.78 is 7.65. The molecule has 0 atom stereocenters. The Morgan fingerprint density at radius 1 is 1.20 bits per heavy atom. The van der Waals surface area contributed by atoms with Gasteiger partial charge < -0.3 is 4.74 Å². The molecule has 3 rings (SSSR count). The molecule has 4 nitrogen and oxygen atoms in total. The number of nitrogens with zero attached hydrogens (tertiary/aromatic N) is 3. The number of pyridine rings is 1. The summed E-state index contributed by atoms with van der Waals surface area (Å²) in [5.41, 5.74) is 2.17. The van der Waals surface area contributed by atoms with Gasteiger partial charge >= 0.3 is 0 Å². The Morgan fingerprint density at radius 3 is 2.70 bits per heavy atom. The van der Waals surface area contributed by atoms with Gasteiger partial charge in [-0.25, -0.2) is 0 Å². The van der Waals surface area contributed by atoms with Crippen molar-refractivity contribution in [1.29, 1.82) is 5.26 Å². The number of fused-ring (bicyclic) bond motifs is 1. The molecule has 0 amide bonds.